The van der Waals surface area contributed by atoms with Crippen molar-refractivity contribution >= 4 is 21.4 Å². The van der Waals surface area contributed by atoms with E-state index in [1.807, 2.05) is 23.5 Å². The largest absolute Gasteiger partial charge is 0.496 e. The number of thiophene rings is 1. The molecule has 0 unspecified atom stereocenters. The zero-order valence-corrected chi connectivity index (χ0v) is 11.0. The van der Waals surface area contributed by atoms with Crippen molar-refractivity contribution in [1.29, 1.82) is 0 Å². The molecule has 90 valence electrons. The normalized spacial score (nSPS) is 10.7. The van der Waals surface area contributed by atoms with Crippen LogP contribution in [0, 0.1) is 0 Å². The van der Waals surface area contributed by atoms with E-state index >= 15 is 0 Å². The zero-order valence-electron chi connectivity index (χ0n) is 10.2. The number of para-hydroxylation sites is 1. The van der Waals surface area contributed by atoms with Crippen molar-refractivity contribution in [2.45, 2.75) is 6.42 Å². The van der Waals surface area contributed by atoms with Crippen LogP contribution in [0.1, 0.15) is 10.4 Å². The molecule has 0 saturated carbocycles. The molecule has 0 bridgehead atoms. The highest BCUT2D eigenvalue weighted by Gasteiger charge is 2.06. The lowest BCUT2D eigenvalue weighted by molar-refractivity contribution is 0.410. The molecule has 0 fully saturated rings. The smallest absolute Gasteiger partial charge is 0.122 e. The number of hydrogen-bond acceptors (Lipinski definition) is 2. The molecule has 0 atom stereocenters. The fourth-order valence-electron chi connectivity index (χ4n) is 2.16. The molecule has 0 aliphatic carbocycles. The summed E-state index contributed by atoms with van der Waals surface area (Å²) in [5.74, 6) is 0.968. The summed E-state index contributed by atoms with van der Waals surface area (Å²) < 4.78 is 6.75. The van der Waals surface area contributed by atoms with E-state index in [9.17, 15) is 0 Å². The lowest BCUT2D eigenvalue weighted by Crippen LogP contribution is -1.91. The third kappa shape index (κ3) is 2.12. The standard InChI is InChI=1S/C16H14OS/c1-17-15-8-4-2-6-12(15)10-14-11-13-7-3-5-9-16(13)18-14/h2-9,11H,10H2,1H3. The van der Waals surface area contributed by atoms with E-state index in [1.54, 1.807) is 7.11 Å². The van der Waals surface area contributed by atoms with Gasteiger partial charge in [-0.15, -0.1) is 11.3 Å². The van der Waals surface area contributed by atoms with Crippen molar-refractivity contribution < 1.29 is 4.74 Å². The molecular weight excluding hydrogens is 240 g/mol. The molecule has 0 amide bonds. The van der Waals surface area contributed by atoms with Crippen molar-refractivity contribution in [2.75, 3.05) is 7.11 Å². The number of hydrogen-bond donors (Lipinski definition) is 0. The summed E-state index contributed by atoms with van der Waals surface area (Å²) in [6.07, 6.45) is 0.934. The minimum Gasteiger partial charge on any atom is -0.496 e. The van der Waals surface area contributed by atoms with Gasteiger partial charge >= 0.3 is 0 Å². The third-order valence-corrected chi connectivity index (χ3v) is 4.15. The Balaban J connectivity index is 1.96. The molecular formula is C16H14OS. The number of methoxy groups -OCH3 is 1. The SMILES string of the molecule is COc1ccccc1Cc1cc2ccccc2s1. The summed E-state index contributed by atoms with van der Waals surface area (Å²) in [5.41, 5.74) is 1.24. The van der Waals surface area contributed by atoms with Gasteiger partial charge in [0.1, 0.15) is 5.75 Å². The van der Waals surface area contributed by atoms with Gasteiger partial charge < -0.3 is 4.74 Å². The highest BCUT2D eigenvalue weighted by atomic mass is 32.1. The first-order valence-electron chi connectivity index (χ1n) is 5.96. The van der Waals surface area contributed by atoms with Crippen LogP contribution in [0.25, 0.3) is 10.1 Å². The minimum absolute atomic E-state index is 0.934. The molecule has 0 aliphatic heterocycles. The Kier molecular flexibility index (Phi) is 3.03. The molecule has 0 aliphatic rings. The van der Waals surface area contributed by atoms with E-state index in [2.05, 4.69) is 42.5 Å². The Morgan fingerprint density at radius 3 is 2.61 bits per heavy atom. The van der Waals surface area contributed by atoms with E-state index in [1.165, 1.54) is 20.5 Å². The van der Waals surface area contributed by atoms with Crippen LogP contribution >= 0.6 is 11.3 Å². The maximum Gasteiger partial charge on any atom is 0.122 e. The van der Waals surface area contributed by atoms with Crippen LogP contribution in [-0.2, 0) is 6.42 Å². The Labute approximate surface area is 111 Å². The van der Waals surface area contributed by atoms with Crippen LogP contribution in [0.15, 0.2) is 54.6 Å². The lowest BCUT2D eigenvalue weighted by Gasteiger charge is -2.06. The van der Waals surface area contributed by atoms with Crippen molar-refractivity contribution in [3.8, 4) is 5.75 Å². The first-order chi connectivity index (χ1) is 8.86. The van der Waals surface area contributed by atoms with Crippen molar-refractivity contribution in [3.05, 3.63) is 65.0 Å². The first-order valence-corrected chi connectivity index (χ1v) is 6.78. The lowest BCUT2D eigenvalue weighted by atomic mass is 10.1. The van der Waals surface area contributed by atoms with E-state index in [0.29, 0.717) is 0 Å². The molecule has 0 spiro atoms. The molecule has 1 nitrogen and oxygen atoms in total. The fourth-order valence-corrected chi connectivity index (χ4v) is 3.25. The molecule has 2 aromatic carbocycles. The van der Waals surface area contributed by atoms with Crippen LogP contribution in [0.2, 0.25) is 0 Å². The highest BCUT2D eigenvalue weighted by Crippen LogP contribution is 2.29. The second-order valence-corrected chi connectivity index (χ2v) is 5.41. The van der Waals surface area contributed by atoms with Gasteiger partial charge in [-0.1, -0.05) is 36.4 Å². The molecule has 1 heterocycles. The molecule has 0 radical (unpaired) electrons. The number of benzene rings is 2. The average Bonchev–Trinajstić information content (AvgIpc) is 2.81. The molecule has 0 saturated heterocycles. The molecule has 2 heteroatoms. The maximum atomic E-state index is 5.40. The summed E-state index contributed by atoms with van der Waals surface area (Å²) in [7, 11) is 1.73. The van der Waals surface area contributed by atoms with E-state index in [-0.39, 0.29) is 0 Å². The van der Waals surface area contributed by atoms with Crippen molar-refractivity contribution in [1.82, 2.24) is 0 Å². The van der Waals surface area contributed by atoms with Crippen molar-refractivity contribution in [3.63, 3.8) is 0 Å². The summed E-state index contributed by atoms with van der Waals surface area (Å²) in [4.78, 5) is 1.38. The van der Waals surface area contributed by atoms with Gasteiger partial charge in [0.2, 0.25) is 0 Å². The Hall–Kier alpha value is -1.80. The van der Waals surface area contributed by atoms with Crippen LogP contribution in [0.3, 0.4) is 0 Å². The predicted molar refractivity (Wildman–Crippen MR) is 77.6 cm³/mol. The zero-order chi connectivity index (χ0) is 12.4. The monoisotopic (exact) mass is 254 g/mol. The minimum atomic E-state index is 0.934. The van der Waals surface area contributed by atoms with Crippen LogP contribution < -0.4 is 4.74 Å². The van der Waals surface area contributed by atoms with Gasteiger partial charge in [0.15, 0.2) is 0 Å². The molecule has 3 rings (SSSR count). The molecule has 18 heavy (non-hydrogen) atoms. The summed E-state index contributed by atoms with van der Waals surface area (Å²) in [5, 5.41) is 1.33. The fraction of sp³-hybridized carbons (Fsp3) is 0.125. The van der Waals surface area contributed by atoms with Gasteiger partial charge in [-0.25, -0.2) is 0 Å². The van der Waals surface area contributed by atoms with E-state index < -0.39 is 0 Å². The molecule has 3 aromatic rings. The van der Waals surface area contributed by atoms with E-state index in [4.69, 9.17) is 4.74 Å². The van der Waals surface area contributed by atoms with E-state index in [0.717, 1.165) is 12.2 Å². The van der Waals surface area contributed by atoms with Crippen LogP contribution in [0.5, 0.6) is 5.75 Å². The molecule has 0 N–H and O–H groups in total. The third-order valence-electron chi connectivity index (χ3n) is 3.03. The van der Waals surface area contributed by atoms with Gasteiger partial charge in [0, 0.05) is 16.0 Å². The maximum absolute atomic E-state index is 5.40. The summed E-state index contributed by atoms with van der Waals surface area (Å²) in [6, 6.07) is 19.0. The topological polar surface area (TPSA) is 9.23 Å². The van der Waals surface area contributed by atoms with Gasteiger partial charge in [-0.3, -0.25) is 0 Å². The predicted octanol–water partition coefficient (Wildman–Crippen LogP) is 4.50. The number of rotatable bonds is 3. The summed E-state index contributed by atoms with van der Waals surface area (Å²) >= 11 is 1.86. The quantitative estimate of drug-likeness (QED) is 0.668. The van der Waals surface area contributed by atoms with Crippen LogP contribution in [0.4, 0.5) is 0 Å². The first kappa shape index (κ1) is 11.3. The average molecular weight is 254 g/mol. The second kappa shape index (κ2) is 4.83. The highest BCUT2D eigenvalue weighted by molar-refractivity contribution is 7.19. The summed E-state index contributed by atoms with van der Waals surface area (Å²) in [6.45, 7) is 0. The number of ether oxygens (including phenoxy) is 1. The van der Waals surface area contributed by atoms with Gasteiger partial charge in [0.25, 0.3) is 0 Å². The van der Waals surface area contributed by atoms with Gasteiger partial charge in [-0.2, -0.15) is 0 Å². The Bertz CT molecular complexity index is 636. The second-order valence-electron chi connectivity index (χ2n) is 4.24. The number of fused-ring (bicyclic) bond motifs is 1. The Morgan fingerprint density at radius 1 is 1.00 bits per heavy atom. The molecule has 1 aromatic heterocycles. The van der Waals surface area contributed by atoms with Crippen LogP contribution in [-0.4, -0.2) is 7.11 Å². The Morgan fingerprint density at radius 2 is 1.78 bits per heavy atom. The van der Waals surface area contributed by atoms with Crippen molar-refractivity contribution in [2.24, 2.45) is 0 Å². The van der Waals surface area contributed by atoms with Gasteiger partial charge in [-0.05, 0) is 29.1 Å². The van der Waals surface area contributed by atoms with Gasteiger partial charge in [0.05, 0.1) is 7.11 Å².